The molecule has 5 heteroatoms. The van der Waals surface area contributed by atoms with Gasteiger partial charge in [-0.3, -0.25) is 4.79 Å². The molecule has 0 aliphatic heterocycles. The van der Waals surface area contributed by atoms with Crippen molar-refractivity contribution in [1.29, 1.82) is 5.26 Å². The summed E-state index contributed by atoms with van der Waals surface area (Å²) in [5.74, 6) is 0.0150. The van der Waals surface area contributed by atoms with Crippen LogP contribution in [0.25, 0.3) is 38.5 Å². The van der Waals surface area contributed by atoms with E-state index >= 15 is 0 Å². The Hall–Kier alpha value is -3.91. The lowest BCUT2D eigenvalue weighted by molar-refractivity contribution is 0.0963. The summed E-state index contributed by atoms with van der Waals surface area (Å²) in [7, 11) is 1.64. The van der Waals surface area contributed by atoms with Gasteiger partial charge >= 0.3 is 0 Å². The molecule has 5 rings (SSSR count). The number of allylic oxidation sites excluding steroid dienone is 2. The molecule has 4 aromatic rings. The highest BCUT2D eigenvalue weighted by Gasteiger charge is 2.20. The number of fused-ring (bicyclic) bond motifs is 2. The number of amides is 1. The van der Waals surface area contributed by atoms with Gasteiger partial charge in [-0.1, -0.05) is 24.3 Å². The Morgan fingerprint density at radius 2 is 2.03 bits per heavy atom. The number of hydrogen-bond acceptors (Lipinski definition) is 3. The average molecular weight is 406 g/mol. The van der Waals surface area contributed by atoms with Gasteiger partial charge in [-0.2, -0.15) is 5.26 Å². The third-order valence-electron chi connectivity index (χ3n) is 6.14. The fraction of sp³-hybridized carbons (Fsp3) is 0.192. The Morgan fingerprint density at radius 1 is 1.19 bits per heavy atom. The third kappa shape index (κ3) is 3.36. The van der Waals surface area contributed by atoms with Gasteiger partial charge in [0.25, 0.3) is 5.91 Å². The van der Waals surface area contributed by atoms with E-state index in [1.54, 1.807) is 7.05 Å². The fourth-order valence-electron chi connectivity index (χ4n) is 4.45. The van der Waals surface area contributed by atoms with Crippen molar-refractivity contribution in [2.24, 2.45) is 5.92 Å². The molecular formula is C26H22N4O. The summed E-state index contributed by atoms with van der Waals surface area (Å²) in [4.78, 5) is 19.8. The molecule has 0 spiro atoms. The second kappa shape index (κ2) is 7.73. The molecule has 1 aliphatic rings. The summed E-state index contributed by atoms with van der Waals surface area (Å²) in [6.45, 7) is 0. The molecule has 1 aliphatic carbocycles. The molecule has 0 bridgehead atoms. The molecule has 1 amide bonds. The van der Waals surface area contributed by atoms with Crippen LogP contribution in [0.15, 0.2) is 60.9 Å². The second-order valence-corrected chi connectivity index (χ2v) is 7.97. The van der Waals surface area contributed by atoms with Gasteiger partial charge in [-0.05, 0) is 71.0 Å². The number of carbonyl (C=O) groups is 1. The van der Waals surface area contributed by atoms with E-state index in [4.69, 9.17) is 0 Å². The predicted molar refractivity (Wildman–Crippen MR) is 123 cm³/mol. The number of nitrogens with one attached hydrogen (secondary N) is 2. The van der Waals surface area contributed by atoms with Gasteiger partial charge in [0.1, 0.15) is 5.65 Å². The predicted octanol–water partition coefficient (Wildman–Crippen LogP) is 5.45. The number of nitrogens with zero attached hydrogens (tertiary/aromatic N) is 2. The van der Waals surface area contributed by atoms with Crippen molar-refractivity contribution in [1.82, 2.24) is 15.3 Å². The minimum atomic E-state index is -0.0877. The summed E-state index contributed by atoms with van der Waals surface area (Å²) in [6, 6.07) is 16.5. The van der Waals surface area contributed by atoms with Gasteiger partial charge in [0.2, 0.25) is 0 Å². The number of benzene rings is 2. The number of pyridine rings is 1. The summed E-state index contributed by atoms with van der Waals surface area (Å²) in [5.41, 5.74) is 6.18. The SMILES string of the molecule is CNC(=O)c1ccc2cc(-c3cnc4[nH]ccc4c3C3=CCC(C#N)CC3)ccc2c1. The molecule has 5 nitrogen and oxygen atoms in total. The van der Waals surface area contributed by atoms with Crippen LogP contribution in [0.4, 0.5) is 0 Å². The Kier molecular flexibility index (Phi) is 4.76. The maximum Gasteiger partial charge on any atom is 0.251 e. The van der Waals surface area contributed by atoms with Crippen LogP contribution in [-0.4, -0.2) is 22.9 Å². The largest absolute Gasteiger partial charge is 0.355 e. The molecule has 2 heterocycles. The number of carbonyl (C=O) groups excluding carboxylic acids is 1. The monoisotopic (exact) mass is 406 g/mol. The van der Waals surface area contributed by atoms with E-state index in [0.717, 1.165) is 52.2 Å². The lowest BCUT2D eigenvalue weighted by Crippen LogP contribution is -2.17. The van der Waals surface area contributed by atoms with Crippen LogP contribution in [0.5, 0.6) is 0 Å². The Labute approximate surface area is 180 Å². The van der Waals surface area contributed by atoms with Crippen LogP contribution < -0.4 is 5.32 Å². The van der Waals surface area contributed by atoms with Crippen LogP contribution >= 0.6 is 0 Å². The number of rotatable bonds is 3. The highest BCUT2D eigenvalue weighted by atomic mass is 16.1. The van der Waals surface area contributed by atoms with Gasteiger partial charge < -0.3 is 10.3 Å². The first-order valence-corrected chi connectivity index (χ1v) is 10.5. The molecule has 0 saturated heterocycles. The summed E-state index contributed by atoms with van der Waals surface area (Å²) in [5, 5.41) is 15.1. The zero-order valence-electron chi connectivity index (χ0n) is 17.3. The van der Waals surface area contributed by atoms with E-state index in [-0.39, 0.29) is 11.8 Å². The van der Waals surface area contributed by atoms with Crippen molar-refractivity contribution in [2.45, 2.75) is 19.3 Å². The lowest BCUT2D eigenvalue weighted by Gasteiger charge is -2.20. The normalized spacial score (nSPS) is 16.1. The van der Waals surface area contributed by atoms with E-state index < -0.39 is 0 Å². The lowest BCUT2D eigenvalue weighted by atomic mass is 9.84. The number of H-pyrrole nitrogens is 1. The van der Waals surface area contributed by atoms with Gasteiger partial charge in [-0.25, -0.2) is 4.98 Å². The van der Waals surface area contributed by atoms with Crippen LogP contribution in [-0.2, 0) is 0 Å². The van der Waals surface area contributed by atoms with E-state index in [9.17, 15) is 10.1 Å². The second-order valence-electron chi connectivity index (χ2n) is 7.97. The highest BCUT2D eigenvalue weighted by molar-refractivity contribution is 6.01. The van der Waals surface area contributed by atoms with Crippen molar-refractivity contribution < 1.29 is 4.79 Å². The molecule has 2 aromatic heterocycles. The standard InChI is InChI=1S/C26H22N4O/c1-28-26(31)21-9-7-18-12-20(8-6-19(18)13-21)23-15-30-25-22(10-11-29-25)24(23)17-4-2-16(14-27)3-5-17/h4,6-13,15-16H,2-3,5H2,1H3,(H,28,31)(H,29,30). The first-order valence-electron chi connectivity index (χ1n) is 10.5. The van der Waals surface area contributed by atoms with Crippen LogP contribution in [0.2, 0.25) is 0 Å². The zero-order valence-corrected chi connectivity index (χ0v) is 17.3. The number of nitriles is 1. The molecule has 31 heavy (non-hydrogen) atoms. The first kappa shape index (κ1) is 19.1. The minimum Gasteiger partial charge on any atom is -0.355 e. The van der Waals surface area contributed by atoms with E-state index in [0.29, 0.717) is 5.56 Å². The van der Waals surface area contributed by atoms with Gasteiger partial charge in [0.15, 0.2) is 0 Å². The molecule has 0 fully saturated rings. The van der Waals surface area contributed by atoms with E-state index in [1.165, 1.54) is 11.1 Å². The van der Waals surface area contributed by atoms with Crippen LogP contribution in [0.1, 0.15) is 35.2 Å². The summed E-state index contributed by atoms with van der Waals surface area (Å²) in [6.07, 6.45) is 8.64. The molecule has 1 unspecified atom stereocenters. The maximum absolute atomic E-state index is 12.0. The topological polar surface area (TPSA) is 81.6 Å². The van der Waals surface area contributed by atoms with Gasteiger partial charge in [0, 0.05) is 36.0 Å². The Balaban J connectivity index is 1.65. The minimum absolute atomic E-state index is 0.0877. The van der Waals surface area contributed by atoms with Crippen molar-refractivity contribution in [2.75, 3.05) is 7.05 Å². The quantitative estimate of drug-likeness (QED) is 0.475. The fourth-order valence-corrected chi connectivity index (χ4v) is 4.45. The number of hydrogen-bond donors (Lipinski definition) is 2. The molecule has 152 valence electrons. The average Bonchev–Trinajstić information content (AvgIpc) is 3.31. The van der Waals surface area contributed by atoms with Crippen molar-refractivity contribution in [3.05, 3.63) is 72.1 Å². The number of aromatic nitrogens is 2. The van der Waals surface area contributed by atoms with Gasteiger partial charge in [-0.15, -0.1) is 0 Å². The molecule has 0 saturated carbocycles. The third-order valence-corrected chi connectivity index (χ3v) is 6.14. The van der Waals surface area contributed by atoms with Gasteiger partial charge in [0.05, 0.1) is 12.0 Å². The Morgan fingerprint density at radius 3 is 2.81 bits per heavy atom. The van der Waals surface area contributed by atoms with Crippen molar-refractivity contribution in [3.63, 3.8) is 0 Å². The molecule has 2 aromatic carbocycles. The molecule has 1 atom stereocenters. The van der Waals surface area contributed by atoms with Crippen LogP contribution in [0.3, 0.4) is 0 Å². The molecular weight excluding hydrogens is 384 g/mol. The Bertz CT molecular complexity index is 1390. The zero-order chi connectivity index (χ0) is 21.4. The molecule has 0 radical (unpaired) electrons. The number of aromatic amines is 1. The molecule has 2 N–H and O–H groups in total. The highest BCUT2D eigenvalue weighted by Crippen LogP contribution is 2.39. The van der Waals surface area contributed by atoms with E-state index in [1.807, 2.05) is 30.6 Å². The van der Waals surface area contributed by atoms with E-state index in [2.05, 4.69) is 51.7 Å². The van der Waals surface area contributed by atoms with Crippen molar-refractivity contribution in [3.8, 4) is 17.2 Å². The van der Waals surface area contributed by atoms with Crippen molar-refractivity contribution >= 4 is 33.3 Å². The maximum atomic E-state index is 12.0. The first-order chi connectivity index (χ1) is 15.2. The van der Waals surface area contributed by atoms with Crippen LogP contribution in [0, 0.1) is 17.2 Å². The summed E-state index contributed by atoms with van der Waals surface area (Å²) < 4.78 is 0. The summed E-state index contributed by atoms with van der Waals surface area (Å²) >= 11 is 0. The smallest absolute Gasteiger partial charge is 0.251 e.